The fourth-order valence-electron chi connectivity index (χ4n) is 1.49. The number of rotatable bonds is 1. The first-order valence-corrected chi connectivity index (χ1v) is 4.58. The summed E-state index contributed by atoms with van der Waals surface area (Å²) in [5.74, 6) is 0.202. The Labute approximate surface area is 86.8 Å². The fourth-order valence-corrected chi connectivity index (χ4v) is 1.49. The largest absolute Gasteiger partial charge is 0.368 e. The van der Waals surface area contributed by atoms with Crippen molar-refractivity contribution in [1.82, 2.24) is 14.3 Å². The van der Waals surface area contributed by atoms with Crippen LogP contribution in [0.2, 0.25) is 0 Å². The molecular weight excluding hydrogens is 192 g/mol. The Morgan fingerprint density at radius 1 is 1.40 bits per heavy atom. The highest BCUT2D eigenvalue weighted by atomic mass is 16.2. The number of hydrogen-bond donors (Lipinski definition) is 1. The number of nitrogens with zero attached hydrogens (tertiary/aromatic N) is 3. The molecule has 0 bridgehead atoms. The lowest BCUT2D eigenvalue weighted by Gasteiger charge is -2.02. The first-order valence-electron chi connectivity index (χ1n) is 4.58. The van der Waals surface area contributed by atoms with E-state index in [9.17, 15) is 4.79 Å². The van der Waals surface area contributed by atoms with Crippen LogP contribution in [0.25, 0.3) is 5.69 Å². The van der Waals surface area contributed by atoms with Crippen LogP contribution < -0.4 is 11.4 Å². The van der Waals surface area contributed by atoms with Crippen molar-refractivity contribution >= 4 is 5.95 Å². The predicted octanol–water partition coefficient (Wildman–Crippen LogP) is 0.462. The maximum Gasteiger partial charge on any atom is 0.351 e. The molecule has 0 unspecified atom stereocenters. The van der Waals surface area contributed by atoms with E-state index in [0.29, 0.717) is 0 Å². The molecule has 5 nitrogen and oxygen atoms in total. The lowest BCUT2D eigenvalue weighted by molar-refractivity contribution is 0.727. The van der Waals surface area contributed by atoms with Gasteiger partial charge in [0.25, 0.3) is 0 Å². The van der Waals surface area contributed by atoms with Crippen LogP contribution in [0, 0.1) is 6.92 Å². The minimum absolute atomic E-state index is 0.202. The minimum Gasteiger partial charge on any atom is -0.368 e. The van der Waals surface area contributed by atoms with Gasteiger partial charge in [-0.3, -0.25) is 0 Å². The summed E-state index contributed by atoms with van der Waals surface area (Å²) in [5, 5.41) is 3.86. The van der Waals surface area contributed by atoms with Crippen LogP contribution in [0.15, 0.2) is 29.1 Å². The molecule has 0 radical (unpaired) electrons. The lowest BCUT2D eigenvalue weighted by atomic mass is 10.2. The van der Waals surface area contributed by atoms with E-state index in [2.05, 4.69) is 5.10 Å². The highest BCUT2D eigenvalue weighted by molar-refractivity contribution is 5.40. The molecule has 0 fully saturated rings. The van der Waals surface area contributed by atoms with Crippen LogP contribution in [0.4, 0.5) is 5.95 Å². The van der Waals surface area contributed by atoms with Crippen LogP contribution in [0.1, 0.15) is 5.56 Å². The molecule has 2 rings (SSSR count). The third-order valence-electron chi connectivity index (χ3n) is 2.21. The molecule has 2 N–H and O–H groups in total. The molecule has 1 aromatic heterocycles. The van der Waals surface area contributed by atoms with Gasteiger partial charge < -0.3 is 5.73 Å². The highest BCUT2D eigenvalue weighted by Gasteiger charge is 2.09. The summed E-state index contributed by atoms with van der Waals surface area (Å²) < 4.78 is 2.60. The van der Waals surface area contributed by atoms with Crippen molar-refractivity contribution in [3.63, 3.8) is 0 Å². The Morgan fingerprint density at radius 3 is 2.67 bits per heavy atom. The Kier molecular flexibility index (Phi) is 2.07. The summed E-state index contributed by atoms with van der Waals surface area (Å²) in [6, 6.07) is 7.55. The summed E-state index contributed by atoms with van der Waals surface area (Å²) in [6.07, 6.45) is 0. The van der Waals surface area contributed by atoms with Crippen LogP contribution in [-0.2, 0) is 7.05 Å². The Bertz CT molecular complexity index is 553. The van der Waals surface area contributed by atoms with E-state index >= 15 is 0 Å². The van der Waals surface area contributed by atoms with Gasteiger partial charge in [0.05, 0.1) is 5.69 Å². The zero-order valence-corrected chi connectivity index (χ0v) is 8.64. The predicted molar refractivity (Wildman–Crippen MR) is 58.0 cm³/mol. The van der Waals surface area contributed by atoms with E-state index < -0.39 is 0 Å². The Morgan fingerprint density at radius 2 is 2.13 bits per heavy atom. The van der Waals surface area contributed by atoms with Gasteiger partial charge in [-0.1, -0.05) is 12.1 Å². The number of hydrogen-bond acceptors (Lipinski definition) is 3. The summed E-state index contributed by atoms with van der Waals surface area (Å²) >= 11 is 0. The number of anilines is 1. The lowest BCUT2D eigenvalue weighted by Crippen LogP contribution is -2.21. The second-order valence-electron chi connectivity index (χ2n) is 3.44. The van der Waals surface area contributed by atoms with Gasteiger partial charge in [0.15, 0.2) is 0 Å². The van der Waals surface area contributed by atoms with E-state index in [1.165, 1.54) is 9.25 Å². The van der Waals surface area contributed by atoms with Crippen molar-refractivity contribution < 1.29 is 0 Å². The van der Waals surface area contributed by atoms with Crippen molar-refractivity contribution in [1.29, 1.82) is 0 Å². The van der Waals surface area contributed by atoms with Gasteiger partial charge in [0.2, 0.25) is 5.95 Å². The molecule has 1 aromatic carbocycles. The summed E-state index contributed by atoms with van der Waals surface area (Å²) in [4.78, 5) is 11.7. The molecule has 0 amide bonds. The smallest absolute Gasteiger partial charge is 0.351 e. The average Bonchev–Trinajstić information content (AvgIpc) is 2.41. The second kappa shape index (κ2) is 3.27. The van der Waals surface area contributed by atoms with E-state index in [-0.39, 0.29) is 11.6 Å². The molecule has 0 atom stereocenters. The van der Waals surface area contributed by atoms with Gasteiger partial charge in [-0.2, -0.15) is 0 Å². The molecule has 0 saturated carbocycles. The normalized spacial score (nSPS) is 10.5. The van der Waals surface area contributed by atoms with E-state index in [1.54, 1.807) is 7.05 Å². The first kappa shape index (κ1) is 9.51. The van der Waals surface area contributed by atoms with Crippen molar-refractivity contribution in [3.05, 3.63) is 40.3 Å². The number of nitrogens with two attached hydrogens (primary N) is 1. The third-order valence-corrected chi connectivity index (χ3v) is 2.21. The third kappa shape index (κ3) is 1.52. The van der Waals surface area contributed by atoms with Crippen molar-refractivity contribution in [3.8, 4) is 5.69 Å². The van der Waals surface area contributed by atoms with Gasteiger partial charge in [-0.15, -0.1) is 5.10 Å². The second-order valence-corrected chi connectivity index (χ2v) is 3.44. The number of aryl methyl sites for hydroxylation is 2. The average molecular weight is 204 g/mol. The molecule has 78 valence electrons. The quantitative estimate of drug-likeness (QED) is 0.734. The minimum atomic E-state index is -0.238. The molecule has 0 spiro atoms. The summed E-state index contributed by atoms with van der Waals surface area (Å²) in [6.45, 7) is 1.96. The Balaban J connectivity index is 2.69. The Hall–Kier alpha value is -2.04. The molecule has 0 aliphatic carbocycles. The van der Waals surface area contributed by atoms with Crippen molar-refractivity contribution in [2.45, 2.75) is 6.92 Å². The zero-order chi connectivity index (χ0) is 11.0. The summed E-state index contributed by atoms with van der Waals surface area (Å²) in [5.41, 5.74) is 7.23. The number of benzene rings is 1. The maximum absolute atomic E-state index is 11.7. The molecule has 15 heavy (non-hydrogen) atoms. The molecule has 0 saturated heterocycles. The number of aromatic nitrogens is 3. The molecule has 1 heterocycles. The molecule has 2 aromatic rings. The standard InChI is InChI=1S/C10H12N4O/c1-7-4-3-5-8(6-7)14-9(11)12-13(2)10(14)15/h3-6H,1-2H3,(H2,11,12). The van der Waals surface area contributed by atoms with E-state index in [0.717, 1.165) is 11.3 Å². The molecule has 5 heteroatoms. The highest BCUT2D eigenvalue weighted by Crippen LogP contribution is 2.10. The van der Waals surface area contributed by atoms with Crippen LogP contribution in [0.5, 0.6) is 0 Å². The molecule has 0 aliphatic heterocycles. The SMILES string of the molecule is Cc1cccc(-n2c(N)nn(C)c2=O)c1. The van der Waals surface area contributed by atoms with Crippen molar-refractivity contribution in [2.24, 2.45) is 7.05 Å². The fraction of sp³-hybridized carbons (Fsp3) is 0.200. The van der Waals surface area contributed by atoms with E-state index in [4.69, 9.17) is 5.73 Å². The summed E-state index contributed by atoms with van der Waals surface area (Å²) in [7, 11) is 1.57. The van der Waals surface area contributed by atoms with Gasteiger partial charge in [0.1, 0.15) is 0 Å². The van der Waals surface area contributed by atoms with Gasteiger partial charge in [-0.25, -0.2) is 14.0 Å². The van der Waals surface area contributed by atoms with Crippen LogP contribution in [-0.4, -0.2) is 14.3 Å². The van der Waals surface area contributed by atoms with E-state index in [1.807, 2.05) is 31.2 Å². The number of nitrogen functional groups attached to an aromatic ring is 1. The van der Waals surface area contributed by atoms with Crippen LogP contribution >= 0.6 is 0 Å². The van der Waals surface area contributed by atoms with Gasteiger partial charge >= 0.3 is 5.69 Å². The maximum atomic E-state index is 11.7. The first-order chi connectivity index (χ1) is 7.09. The van der Waals surface area contributed by atoms with Gasteiger partial charge in [-0.05, 0) is 24.6 Å². The molecular formula is C10H12N4O. The molecule has 0 aliphatic rings. The van der Waals surface area contributed by atoms with Crippen molar-refractivity contribution in [2.75, 3.05) is 5.73 Å². The van der Waals surface area contributed by atoms with Gasteiger partial charge in [0, 0.05) is 7.05 Å². The monoisotopic (exact) mass is 204 g/mol. The zero-order valence-electron chi connectivity index (χ0n) is 8.64. The van der Waals surface area contributed by atoms with Crippen LogP contribution in [0.3, 0.4) is 0 Å². The topological polar surface area (TPSA) is 65.8 Å².